The molecule has 1 N–H and O–H groups in total. The van der Waals surface area contributed by atoms with Crippen molar-refractivity contribution in [3.63, 3.8) is 0 Å². The topological polar surface area (TPSA) is 47.6 Å². The zero-order valence-electron chi connectivity index (χ0n) is 13.2. The molecule has 2 aliphatic heterocycles. The number of piperidine rings is 1. The SMILES string of the molecule is COC(=O)[C@@]12CNC[C@@H](C1)C(C)(C)C1CC(F)(CCO1)C2.[HH]. The molecule has 0 aromatic carbocycles. The number of nitrogens with one attached hydrogen (secondary N) is 1. The largest absolute Gasteiger partial charge is 0.469 e. The number of alkyl halides is 1. The van der Waals surface area contributed by atoms with Gasteiger partial charge in [-0.3, -0.25) is 4.79 Å². The van der Waals surface area contributed by atoms with Crippen LogP contribution in [-0.4, -0.2) is 44.5 Å². The van der Waals surface area contributed by atoms with Crippen LogP contribution >= 0.6 is 0 Å². The minimum atomic E-state index is -1.32. The van der Waals surface area contributed by atoms with Crippen LogP contribution in [0.4, 0.5) is 4.39 Å². The van der Waals surface area contributed by atoms with Crippen molar-refractivity contribution < 1.29 is 20.1 Å². The highest BCUT2D eigenvalue weighted by atomic mass is 19.1. The van der Waals surface area contributed by atoms with Gasteiger partial charge in [-0.15, -0.1) is 0 Å². The average molecular weight is 301 g/mol. The fraction of sp³-hybridized carbons (Fsp3) is 0.938. The Labute approximate surface area is 127 Å². The maximum Gasteiger partial charge on any atom is 0.313 e. The second-order valence-electron chi connectivity index (χ2n) is 7.77. The molecule has 4 bridgehead atoms. The summed E-state index contributed by atoms with van der Waals surface area (Å²) in [6, 6.07) is 0. The van der Waals surface area contributed by atoms with Gasteiger partial charge >= 0.3 is 5.97 Å². The summed E-state index contributed by atoms with van der Waals surface area (Å²) in [7, 11) is 1.41. The van der Waals surface area contributed by atoms with Crippen LogP contribution in [0, 0.1) is 16.7 Å². The van der Waals surface area contributed by atoms with Crippen LogP contribution in [0.1, 0.15) is 41.0 Å². The molecule has 5 heteroatoms. The number of methoxy groups -OCH3 is 1. The van der Waals surface area contributed by atoms with Crippen LogP contribution in [0.2, 0.25) is 0 Å². The molecule has 4 atom stereocenters. The monoisotopic (exact) mass is 301 g/mol. The molecule has 3 aliphatic rings. The lowest BCUT2D eigenvalue weighted by Crippen LogP contribution is -2.61. The van der Waals surface area contributed by atoms with Crippen molar-refractivity contribution in [1.82, 2.24) is 5.32 Å². The molecule has 0 aromatic rings. The van der Waals surface area contributed by atoms with Crippen LogP contribution in [-0.2, 0) is 14.3 Å². The predicted octanol–water partition coefficient (Wildman–Crippen LogP) is 2.32. The third-order valence-electron chi connectivity index (χ3n) is 6.07. The van der Waals surface area contributed by atoms with E-state index >= 15 is 4.39 Å². The highest BCUT2D eigenvalue weighted by Gasteiger charge is 2.58. The Morgan fingerprint density at radius 3 is 2.90 bits per heavy atom. The Bertz CT molecular complexity index is 447. The normalized spacial score (nSPS) is 45.3. The summed E-state index contributed by atoms with van der Waals surface area (Å²) < 4.78 is 26.3. The zero-order chi connectivity index (χ0) is 15.3. The fourth-order valence-corrected chi connectivity index (χ4v) is 4.59. The highest BCUT2D eigenvalue weighted by Crippen LogP contribution is 2.53. The molecule has 2 saturated heterocycles. The second kappa shape index (κ2) is 4.92. The number of carbonyl (C=O) groups is 1. The molecule has 0 aromatic heterocycles. The van der Waals surface area contributed by atoms with Crippen LogP contribution in [0.15, 0.2) is 0 Å². The lowest BCUT2D eigenvalue weighted by atomic mass is 9.57. The van der Waals surface area contributed by atoms with Crippen molar-refractivity contribution in [2.45, 2.75) is 51.3 Å². The summed E-state index contributed by atoms with van der Waals surface area (Å²) in [5.74, 6) is 0.0236. The lowest BCUT2D eigenvalue weighted by molar-refractivity contribution is -0.183. The van der Waals surface area contributed by atoms with Gasteiger partial charge in [-0.25, -0.2) is 4.39 Å². The standard InChI is InChI=1S/C16H26FNO3.H2/c1-14(2)11-6-15(10-18-8-11,13(19)20-3)9-16(17)4-5-21-12(14)7-16;/h11-12,18H,4-10H2,1-3H3;1H/t11-,12?,15+,16?;/m1./s1. The molecule has 0 amide bonds. The van der Waals surface area contributed by atoms with Crippen LogP contribution in [0.3, 0.4) is 0 Å². The quantitative estimate of drug-likeness (QED) is 0.755. The van der Waals surface area contributed by atoms with Crippen molar-refractivity contribution in [3.05, 3.63) is 0 Å². The van der Waals surface area contributed by atoms with Gasteiger partial charge in [0, 0.05) is 20.8 Å². The minimum absolute atomic E-state index is 0. The van der Waals surface area contributed by atoms with Crippen molar-refractivity contribution in [1.29, 1.82) is 0 Å². The summed E-state index contributed by atoms with van der Waals surface area (Å²) >= 11 is 0. The van der Waals surface area contributed by atoms with E-state index in [9.17, 15) is 4.79 Å². The molecular weight excluding hydrogens is 273 g/mol. The van der Waals surface area contributed by atoms with E-state index in [4.69, 9.17) is 9.47 Å². The van der Waals surface area contributed by atoms with Crippen molar-refractivity contribution in [2.24, 2.45) is 16.7 Å². The second-order valence-corrected chi connectivity index (χ2v) is 7.77. The number of carbonyl (C=O) groups excluding carboxylic acids is 1. The van der Waals surface area contributed by atoms with E-state index in [1.54, 1.807) is 0 Å². The summed E-state index contributed by atoms with van der Waals surface area (Å²) in [5, 5.41) is 3.35. The van der Waals surface area contributed by atoms with E-state index in [0.29, 0.717) is 32.4 Å². The Morgan fingerprint density at radius 1 is 1.43 bits per heavy atom. The molecule has 2 heterocycles. The van der Waals surface area contributed by atoms with Gasteiger partial charge in [0.25, 0.3) is 0 Å². The molecule has 3 rings (SSSR count). The molecule has 1 saturated carbocycles. The van der Waals surface area contributed by atoms with E-state index in [1.165, 1.54) is 7.11 Å². The van der Waals surface area contributed by atoms with E-state index in [-0.39, 0.29) is 31.3 Å². The fourth-order valence-electron chi connectivity index (χ4n) is 4.59. The molecule has 2 unspecified atom stereocenters. The summed E-state index contributed by atoms with van der Waals surface area (Å²) in [6.45, 7) is 6.11. The third-order valence-corrected chi connectivity index (χ3v) is 6.07. The number of hydrogen-bond donors (Lipinski definition) is 1. The molecule has 0 radical (unpaired) electrons. The minimum Gasteiger partial charge on any atom is -0.469 e. The van der Waals surface area contributed by atoms with Gasteiger partial charge in [0.2, 0.25) is 0 Å². The van der Waals surface area contributed by atoms with Gasteiger partial charge in [-0.05, 0) is 30.7 Å². The van der Waals surface area contributed by atoms with Crippen molar-refractivity contribution >= 4 is 5.97 Å². The van der Waals surface area contributed by atoms with E-state index in [1.807, 2.05) is 0 Å². The first kappa shape index (κ1) is 15.2. The predicted molar refractivity (Wildman–Crippen MR) is 78.8 cm³/mol. The summed E-state index contributed by atoms with van der Waals surface area (Å²) in [5.41, 5.74) is -2.20. The molecule has 1 aliphatic carbocycles. The Morgan fingerprint density at radius 2 is 2.19 bits per heavy atom. The Balaban J connectivity index is 0.00000176. The molecular formula is C16H28FNO3. The van der Waals surface area contributed by atoms with Gasteiger partial charge in [0.15, 0.2) is 0 Å². The van der Waals surface area contributed by atoms with Crippen LogP contribution in [0.5, 0.6) is 0 Å². The van der Waals surface area contributed by atoms with Gasteiger partial charge in [0.1, 0.15) is 5.67 Å². The number of esters is 1. The average Bonchev–Trinajstić information content (AvgIpc) is 2.45. The molecule has 4 nitrogen and oxygen atoms in total. The van der Waals surface area contributed by atoms with Crippen molar-refractivity contribution in [3.8, 4) is 0 Å². The zero-order valence-corrected chi connectivity index (χ0v) is 13.2. The third kappa shape index (κ3) is 2.38. The first-order valence-electron chi connectivity index (χ1n) is 7.91. The smallest absolute Gasteiger partial charge is 0.313 e. The number of ether oxygens (including phenoxy) is 2. The number of fused-ring (bicyclic) bond motifs is 4. The number of hydrogen-bond acceptors (Lipinski definition) is 4. The number of halogens is 1. The molecule has 21 heavy (non-hydrogen) atoms. The van der Waals surface area contributed by atoms with E-state index < -0.39 is 11.1 Å². The van der Waals surface area contributed by atoms with Gasteiger partial charge in [-0.2, -0.15) is 0 Å². The molecule has 0 spiro atoms. The Kier molecular flexibility index (Phi) is 3.56. The van der Waals surface area contributed by atoms with Gasteiger partial charge in [0.05, 0.1) is 25.2 Å². The first-order valence-corrected chi connectivity index (χ1v) is 7.91. The van der Waals surface area contributed by atoms with Crippen LogP contribution < -0.4 is 5.32 Å². The van der Waals surface area contributed by atoms with Crippen LogP contribution in [0.25, 0.3) is 0 Å². The van der Waals surface area contributed by atoms with E-state index in [2.05, 4.69) is 19.2 Å². The van der Waals surface area contributed by atoms with Gasteiger partial charge < -0.3 is 14.8 Å². The summed E-state index contributed by atoms with van der Waals surface area (Å²) in [6.07, 6.45) is 1.65. The van der Waals surface area contributed by atoms with Crippen molar-refractivity contribution in [2.75, 3.05) is 26.8 Å². The number of rotatable bonds is 1. The first-order chi connectivity index (χ1) is 9.81. The highest BCUT2D eigenvalue weighted by molar-refractivity contribution is 5.77. The lowest BCUT2D eigenvalue weighted by Gasteiger charge is -2.55. The maximum absolute atomic E-state index is 15.4. The Hall–Kier alpha value is -0.680. The maximum atomic E-state index is 15.4. The molecule has 122 valence electrons. The summed E-state index contributed by atoms with van der Waals surface area (Å²) in [4.78, 5) is 12.4. The molecule has 3 fully saturated rings. The van der Waals surface area contributed by atoms with Gasteiger partial charge in [-0.1, -0.05) is 13.8 Å². The van der Waals surface area contributed by atoms with E-state index in [0.717, 1.165) is 6.54 Å².